The third-order valence-corrected chi connectivity index (χ3v) is 9.34. The fraction of sp³-hybridized carbons (Fsp3) is 0.625. The Morgan fingerprint density at radius 1 is 0.769 bits per heavy atom. The van der Waals surface area contributed by atoms with Crippen LogP contribution in [0, 0.1) is 5.92 Å². The van der Waals surface area contributed by atoms with Crippen LogP contribution in [-0.2, 0) is 49.5 Å². The molecule has 0 bridgehead atoms. The number of hydrogen-bond acceptors (Lipinski definition) is 17. The Morgan fingerprint density at radius 3 is 1.92 bits per heavy atom. The first-order chi connectivity index (χ1) is 30.8. The number of benzene rings is 1. The topological polar surface area (TPSA) is 409 Å². The molecule has 6 unspecified atom stereocenters. The number of rotatable bonds is 33. The van der Waals surface area contributed by atoms with Crippen molar-refractivity contribution in [2.75, 3.05) is 46.1 Å². The summed E-state index contributed by atoms with van der Waals surface area (Å²) in [5.41, 5.74) is 22.3. The summed E-state index contributed by atoms with van der Waals surface area (Å²) in [4.78, 5) is 114. The van der Waals surface area contributed by atoms with Crippen molar-refractivity contribution in [2.45, 2.75) is 108 Å². The maximum atomic E-state index is 13.7. The number of nitrogens with two attached hydrogens (primary N) is 3. The van der Waals surface area contributed by atoms with Gasteiger partial charge in [0.05, 0.1) is 38.6 Å². The quantitative estimate of drug-likeness (QED) is 0.0177. The van der Waals surface area contributed by atoms with E-state index in [0.717, 1.165) is 17.4 Å². The van der Waals surface area contributed by atoms with E-state index in [-0.39, 0.29) is 44.9 Å². The number of unbranched alkanes of at least 4 members (excludes halogenated alkanes) is 1. The van der Waals surface area contributed by atoms with Gasteiger partial charge in [0.1, 0.15) is 36.5 Å². The number of aldehydes is 1. The maximum absolute atomic E-state index is 13.7. The van der Waals surface area contributed by atoms with Crippen molar-refractivity contribution in [3.05, 3.63) is 35.9 Å². The molecular formula is C40H67N11O14. The maximum Gasteiger partial charge on any atom is 0.410 e. The summed E-state index contributed by atoms with van der Waals surface area (Å²) in [6, 6.07) is -0.580. The second kappa shape index (κ2) is 31.1. The van der Waals surface area contributed by atoms with Crippen LogP contribution in [0.5, 0.6) is 0 Å². The number of hydrazine groups is 1. The average molecular weight is 926 g/mol. The molecule has 1 rings (SSSR count). The highest BCUT2D eigenvalue weighted by atomic mass is 16.6. The standard InChI is InChI=1S/C40H67N11O14/c1-23(2)22-65-40(64)51(17-26(16-32(42)57)49-50-27(18-52)19-53)34(24(3)56)39(63)48-31(21-55)38(62)46-29(35(43)59)11-12-33(58)44-13-7-8-14-45-37(61)30(47-36(60)28(41)20-54)15-25-9-5-4-6-10-25/h4-6,9-10,18,23-24,26-31,34,49-50,53-56H,7-8,11-17,19-22,41H2,1-3H3,(H2,42,57)(H2,43,59)(H,44,58)(H,45,61)(H,46,62)(H,47,60)(H,48,63)/t24?,26?,27-,28?,29?,30?,31+,34?/m1/s1. The van der Waals surface area contributed by atoms with E-state index in [1.807, 2.05) is 0 Å². The van der Waals surface area contributed by atoms with Crippen LogP contribution in [0.1, 0.15) is 58.4 Å². The lowest BCUT2D eigenvalue weighted by molar-refractivity contribution is -0.136. The molecule has 0 saturated carbocycles. The average Bonchev–Trinajstić information content (AvgIpc) is 3.26. The Labute approximate surface area is 376 Å². The minimum Gasteiger partial charge on any atom is -0.449 e. The molecule has 0 fully saturated rings. The normalized spacial score (nSPS) is 14.8. The molecule has 8 atom stereocenters. The van der Waals surface area contributed by atoms with Gasteiger partial charge in [0.25, 0.3) is 0 Å². The third kappa shape index (κ3) is 22.6. The van der Waals surface area contributed by atoms with E-state index in [4.69, 9.17) is 21.9 Å². The van der Waals surface area contributed by atoms with E-state index < -0.39 is 129 Å². The van der Waals surface area contributed by atoms with Gasteiger partial charge in [-0.1, -0.05) is 44.2 Å². The molecule has 0 heterocycles. The number of aliphatic hydroxyl groups is 4. The van der Waals surface area contributed by atoms with Crippen LogP contribution >= 0.6 is 0 Å². The van der Waals surface area contributed by atoms with Crippen molar-refractivity contribution in [2.24, 2.45) is 23.1 Å². The van der Waals surface area contributed by atoms with Crippen molar-refractivity contribution in [1.29, 1.82) is 0 Å². The van der Waals surface area contributed by atoms with Crippen LogP contribution in [-0.4, -0.2) is 174 Å². The molecule has 366 valence electrons. The number of nitrogens with zero attached hydrogens (tertiary/aromatic N) is 1. The van der Waals surface area contributed by atoms with E-state index >= 15 is 0 Å². The molecule has 25 heteroatoms. The highest BCUT2D eigenvalue weighted by Crippen LogP contribution is 2.13. The zero-order chi connectivity index (χ0) is 49.1. The SMILES string of the molecule is CC(C)COC(=O)N(CC(CC(N)=O)NN[C@H](C=O)CO)C(C(=O)N[C@@H](CO)C(=O)NC(CCC(=O)NCCCCNC(=O)C(Cc1ccccc1)NC(=O)C(N)CO)C(N)=O)C(C)O. The summed E-state index contributed by atoms with van der Waals surface area (Å²) in [5, 5.41) is 51.8. The molecule has 0 saturated heterocycles. The van der Waals surface area contributed by atoms with Crippen LogP contribution in [0.25, 0.3) is 0 Å². The van der Waals surface area contributed by atoms with E-state index in [1.54, 1.807) is 44.2 Å². The van der Waals surface area contributed by atoms with E-state index in [1.165, 1.54) is 0 Å². The van der Waals surface area contributed by atoms with Gasteiger partial charge in [-0.05, 0) is 37.7 Å². The fourth-order valence-corrected chi connectivity index (χ4v) is 5.84. The molecule has 8 amide bonds. The molecule has 65 heavy (non-hydrogen) atoms. The number of amides is 8. The summed E-state index contributed by atoms with van der Waals surface area (Å²) in [7, 11) is 0. The molecule has 0 aliphatic heterocycles. The zero-order valence-corrected chi connectivity index (χ0v) is 36.9. The number of carbonyl (C=O) groups excluding carboxylic acids is 9. The van der Waals surface area contributed by atoms with Crippen molar-refractivity contribution >= 4 is 53.7 Å². The zero-order valence-electron chi connectivity index (χ0n) is 36.9. The number of aliphatic hydroxyl groups excluding tert-OH is 4. The number of primary amides is 2. The first-order valence-electron chi connectivity index (χ1n) is 21.0. The molecule has 0 spiro atoms. The van der Waals surface area contributed by atoms with Gasteiger partial charge in [0.2, 0.25) is 41.4 Å². The van der Waals surface area contributed by atoms with Crippen LogP contribution in [0.4, 0.5) is 4.79 Å². The molecule has 1 aromatic rings. The largest absolute Gasteiger partial charge is 0.449 e. The lowest BCUT2D eigenvalue weighted by Crippen LogP contribution is -2.63. The van der Waals surface area contributed by atoms with E-state index in [0.29, 0.717) is 19.1 Å². The van der Waals surface area contributed by atoms with Crippen LogP contribution in [0.2, 0.25) is 0 Å². The predicted molar refractivity (Wildman–Crippen MR) is 231 cm³/mol. The minimum absolute atomic E-state index is 0.134. The first-order valence-corrected chi connectivity index (χ1v) is 21.0. The fourth-order valence-electron chi connectivity index (χ4n) is 5.84. The van der Waals surface area contributed by atoms with Crippen LogP contribution in [0.3, 0.4) is 0 Å². The molecule has 0 radical (unpaired) electrons. The van der Waals surface area contributed by atoms with E-state index in [9.17, 15) is 63.6 Å². The lowest BCUT2D eigenvalue weighted by Gasteiger charge is -2.35. The van der Waals surface area contributed by atoms with Crippen molar-refractivity contribution in [3.8, 4) is 0 Å². The summed E-state index contributed by atoms with van der Waals surface area (Å²) in [6.07, 6.45) is -2.51. The van der Waals surface area contributed by atoms with Crippen molar-refractivity contribution in [3.63, 3.8) is 0 Å². The Hall–Kier alpha value is -5.83. The molecule has 0 aromatic heterocycles. The Morgan fingerprint density at radius 2 is 1.38 bits per heavy atom. The molecule has 17 N–H and O–H groups in total. The first kappa shape index (κ1) is 57.2. The van der Waals surface area contributed by atoms with E-state index in [2.05, 4.69) is 37.4 Å². The Balaban J connectivity index is 2.89. The van der Waals surface area contributed by atoms with Crippen molar-refractivity contribution < 1.29 is 68.3 Å². The highest BCUT2D eigenvalue weighted by Gasteiger charge is 2.39. The number of ether oxygens (including phenoxy) is 1. The number of hydrogen-bond donors (Lipinski definition) is 14. The second-order valence-corrected chi connectivity index (χ2v) is 15.5. The van der Waals surface area contributed by atoms with Gasteiger partial charge in [0.15, 0.2) is 0 Å². The lowest BCUT2D eigenvalue weighted by atomic mass is 10.0. The molecular weight excluding hydrogens is 859 g/mol. The highest BCUT2D eigenvalue weighted by molar-refractivity contribution is 5.94. The minimum atomic E-state index is -1.83. The molecule has 0 aliphatic carbocycles. The monoisotopic (exact) mass is 925 g/mol. The van der Waals surface area contributed by atoms with Gasteiger partial charge >= 0.3 is 6.09 Å². The van der Waals surface area contributed by atoms with Gasteiger partial charge in [-0.15, -0.1) is 0 Å². The summed E-state index contributed by atoms with van der Waals surface area (Å²) >= 11 is 0. The third-order valence-electron chi connectivity index (χ3n) is 9.34. The molecule has 1 aromatic carbocycles. The number of nitrogens with one attached hydrogen (secondary N) is 7. The van der Waals surface area contributed by atoms with Crippen LogP contribution < -0.4 is 54.6 Å². The second-order valence-electron chi connectivity index (χ2n) is 15.5. The van der Waals surface area contributed by atoms with Gasteiger partial charge in [-0.25, -0.2) is 10.2 Å². The van der Waals surface area contributed by atoms with Gasteiger partial charge < -0.3 is 73.7 Å². The van der Waals surface area contributed by atoms with Crippen LogP contribution in [0.15, 0.2) is 30.3 Å². The Kier molecular flexibility index (Phi) is 27.4. The predicted octanol–water partition coefficient (Wildman–Crippen LogP) is -5.98. The van der Waals surface area contributed by atoms with Gasteiger partial charge in [0, 0.05) is 44.9 Å². The van der Waals surface area contributed by atoms with Gasteiger partial charge in [-0.3, -0.25) is 43.9 Å². The summed E-state index contributed by atoms with van der Waals surface area (Å²) in [6.45, 7) is 1.96. The van der Waals surface area contributed by atoms with Crippen molar-refractivity contribution in [1.82, 2.24) is 42.3 Å². The molecule has 0 aliphatic rings. The summed E-state index contributed by atoms with van der Waals surface area (Å²) < 4.78 is 5.31. The molecule has 25 nitrogen and oxygen atoms in total. The number of carbonyl (C=O) groups is 9. The Bertz CT molecular complexity index is 1690. The summed E-state index contributed by atoms with van der Waals surface area (Å²) in [5.74, 6) is -6.09. The van der Waals surface area contributed by atoms with Gasteiger partial charge in [-0.2, -0.15) is 0 Å². The smallest absolute Gasteiger partial charge is 0.410 e.